The number of hydrogen-bond donors (Lipinski definition) is 0. The predicted octanol–water partition coefficient (Wildman–Crippen LogP) is 1.49. The standard InChI is InChI=1S/C22H21NOS2.Na/c1-15-5-3-7-17(9-15)11-19-13-23(22(25)26)14-20(21(19)24)12-18-8-4-6-16(2)10-18;/h3-12H,13-14H2,1-2H3,(H,25,26);/q;+1/p-1/b19-11+,20-12+;. The van der Waals surface area contributed by atoms with Gasteiger partial charge in [-0.2, -0.15) is 0 Å². The Morgan fingerprint density at radius 2 is 1.41 bits per heavy atom. The van der Waals surface area contributed by atoms with Gasteiger partial charge in [-0.15, -0.1) is 0 Å². The number of nitrogens with zero attached hydrogens (tertiary/aromatic N) is 1. The molecule has 0 amide bonds. The number of carbonyl (C=O) groups excluding carboxylic acids is 1. The van der Waals surface area contributed by atoms with Gasteiger partial charge < -0.3 is 29.7 Å². The van der Waals surface area contributed by atoms with Crippen molar-refractivity contribution in [2.45, 2.75) is 13.8 Å². The third kappa shape index (κ3) is 5.84. The minimum atomic E-state index is 0. The van der Waals surface area contributed by atoms with Crippen LogP contribution in [0.25, 0.3) is 12.2 Å². The molecule has 27 heavy (non-hydrogen) atoms. The van der Waals surface area contributed by atoms with Gasteiger partial charge in [0.05, 0.1) is 0 Å². The second kappa shape index (κ2) is 9.76. The van der Waals surface area contributed by atoms with Gasteiger partial charge in [0.1, 0.15) is 0 Å². The average Bonchev–Trinajstić information content (AvgIpc) is 2.58. The molecule has 0 saturated carbocycles. The van der Waals surface area contributed by atoms with E-state index in [-0.39, 0.29) is 35.3 Å². The van der Waals surface area contributed by atoms with Crippen LogP contribution in [0.1, 0.15) is 22.3 Å². The van der Waals surface area contributed by atoms with Crippen molar-refractivity contribution in [2.75, 3.05) is 13.1 Å². The summed E-state index contributed by atoms with van der Waals surface area (Å²) in [4.78, 5) is 14.9. The maximum Gasteiger partial charge on any atom is 1.00 e. The molecule has 2 aromatic carbocycles. The molecule has 5 heteroatoms. The molecule has 0 unspecified atom stereocenters. The second-order valence-electron chi connectivity index (χ2n) is 6.62. The Morgan fingerprint density at radius 3 is 1.78 bits per heavy atom. The van der Waals surface area contributed by atoms with E-state index in [1.807, 2.05) is 67.3 Å². The van der Waals surface area contributed by atoms with Gasteiger partial charge in [-0.25, -0.2) is 0 Å². The summed E-state index contributed by atoms with van der Waals surface area (Å²) in [6.45, 7) is 5.00. The zero-order valence-electron chi connectivity index (χ0n) is 15.9. The van der Waals surface area contributed by atoms with Gasteiger partial charge in [0.15, 0.2) is 5.78 Å². The normalized spacial score (nSPS) is 17.1. The smallest absolute Gasteiger partial charge is 0.411 e. The quantitative estimate of drug-likeness (QED) is 0.329. The van der Waals surface area contributed by atoms with Crippen molar-refractivity contribution < 1.29 is 34.4 Å². The van der Waals surface area contributed by atoms with E-state index in [0.29, 0.717) is 28.6 Å². The summed E-state index contributed by atoms with van der Waals surface area (Å²) in [5.41, 5.74) is 5.78. The van der Waals surface area contributed by atoms with Crippen molar-refractivity contribution in [1.82, 2.24) is 4.90 Å². The Balaban J connectivity index is 0.00000261. The molecular formula is C22H20NNaOS2. The Labute approximate surface area is 194 Å². The van der Waals surface area contributed by atoms with E-state index in [2.05, 4.69) is 12.1 Å². The minimum Gasteiger partial charge on any atom is -0.411 e. The molecular weight excluding hydrogens is 381 g/mol. The number of aryl methyl sites for hydroxylation is 2. The van der Waals surface area contributed by atoms with Gasteiger partial charge in [-0.3, -0.25) is 4.79 Å². The first-order chi connectivity index (χ1) is 12.4. The largest absolute Gasteiger partial charge is 1.00 e. The summed E-state index contributed by atoms with van der Waals surface area (Å²) < 4.78 is 0.391. The number of benzene rings is 2. The Kier molecular flexibility index (Phi) is 7.95. The first kappa shape index (κ1) is 22.0. The van der Waals surface area contributed by atoms with Crippen molar-refractivity contribution in [3.63, 3.8) is 0 Å². The van der Waals surface area contributed by atoms with Gasteiger partial charge in [0, 0.05) is 24.2 Å². The maximum atomic E-state index is 13.0. The molecule has 1 fully saturated rings. The summed E-state index contributed by atoms with van der Waals surface area (Å²) in [7, 11) is 0. The van der Waals surface area contributed by atoms with E-state index < -0.39 is 0 Å². The molecule has 2 nitrogen and oxygen atoms in total. The van der Waals surface area contributed by atoms with E-state index in [9.17, 15) is 4.79 Å². The van der Waals surface area contributed by atoms with Gasteiger partial charge in [0.25, 0.3) is 0 Å². The van der Waals surface area contributed by atoms with Crippen LogP contribution in [-0.4, -0.2) is 28.1 Å². The van der Waals surface area contributed by atoms with Crippen LogP contribution < -0.4 is 29.6 Å². The topological polar surface area (TPSA) is 20.3 Å². The minimum absolute atomic E-state index is 0. The predicted molar refractivity (Wildman–Crippen MR) is 115 cm³/mol. The molecule has 1 aliphatic heterocycles. The molecule has 0 N–H and O–H groups in total. The molecule has 0 aromatic heterocycles. The van der Waals surface area contributed by atoms with Crippen molar-refractivity contribution >= 4 is 47.1 Å². The maximum absolute atomic E-state index is 13.0. The van der Waals surface area contributed by atoms with Gasteiger partial charge in [-0.1, -0.05) is 64.0 Å². The third-order valence-electron chi connectivity index (χ3n) is 4.33. The Hall–Kier alpha value is -1.30. The molecule has 0 atom stereocenters. The number of piperidine rings is 1. The van der Waals surface area contributed by atoms with Crippen LogP contribution >= 0.6 is 12.2 Å². The first-order valence-electron chi connectivity index (χ1n) is 8.47. The number of likely N-dealkylation sites (tertiary alicyclic amines) is 1. The number of thiocarbonyl (C=S) groups is 1. The molecule has 3 rings (SSSR count). The molecule has 1 aliphatic rings. The van der Waals surface area contributed by atoms with Crippen molar-refractivity contribution in [3.8, 4) is 0 Å². The monoisotopic (exact) mass is 401 g/mol. The second-order valence-corrected chi connectivity index (χ2v) is 7.65. The van der Waals surface area contributed by atoms with Crippen LogP contribution in [0.5, 0.6) is 0 Å². The summed E-state index contributed by atoms with van der Waals surface area (Å²) in [5, 5.41) is 0. The van der Waals surface area contributed by atoms with Crippen molar-refractivity contribution in [2.24, 2.45) is 0 Å². The first-order valence-corrected chi connectivity index (χ1v) is 9.29. The number of Topliss-reactive ketones (excluding diaryl/α,β-unsaturated/α-hetero) is 1. The zero-order valence-corrected chi connectivity index (χ0v) is 19.5. The van der Waals surface area contributed by atoms with E-state index >= 15 is 0 Å². The van der Waals surface area contributed by atoms with E-state index in [1.54, 1.807) is 0 Å². The average molecular weight is 402 g/mol. The number of carbonyl (C=O) groups is 1. The summed E-state index contributed by atoms with van der Waals surface area (Å²) in [6.07, 6.45) is 3.89. The fourth-order valence-electron chi connectivity index (χ4n) is 3.09. The van der Waals surface area contributed by atoms with Crippen LogP contribution in [-0.2, 0) is 17.4 Å². The van der Waals surface area contributed by atoms with E-state index in [4.69, 9.17) is 24.8 Å². The summed E-state index contributed by atoms with van der Waals surface area (Å²) >= 11 is 10.4. The zero-order chi connectivity index (χ0) is 18.7. The molecule has 1 heterocycles. The molecule has 0 bridgehead atoms. The fraction of sp³-hybridized carbons (Fsp3) is 0.182. The van der Waals surface area contributed by atoms with Crippen LogP contribution in [0.15, 0.2) is 59.7 Å². The molecule has 2 aromatic rings. The Morgan fingerprint density at radius 1 is 0.963 bits per heavy atom. The van der Waals surface area contributed by atoms with Crippen LogP contribution in [0.3, 0.4) is 0 Å². The molecule has 0 aliphatic carbocycles. The van der Waals surface area contributed by atoms with Gasteiger partial charge in [0.2, 0.25) is 0 Å². The molecule has 1 saturated heterocycles. The molecule has 0 spiro atoms. The van der Waals surface area contributed by atoms with Crippen molar-refractivity contribution in [1.29, 1.82) is 0 Å². The van der Waals surface area contributed by atoms with E-state index in [1.165, 1.54) is 0 Å². The SMILES string of the molecule is Cc1cccc(/C=C2\CN(C(=S)[S-])C/C(=C\c3cccc(C)c3)C2=O)c1.[Na+]. The molecule has 132 valence electrons. The number of ketones is 1. The number of rotatable bonds is 2. The van der Waals surface area contributed by atoms with Crippen LogP contribution in [0.2, 0.25) is 0 Å². The fourth-order valence-corrected chi connectivity index (χ4v) is 3.35. The number of hydrogen-bond acceptors (Lipinski definition) is 3. The third-order valence-corrected chi connectivity index (χ3v) is 4.85. The van der Waals surface area contributed by atoms with Gasteiger partial charge >= 0.3 is 29.6 Å². The Bertz CT molecular complexity index is 866. The van der Waals surface area contributed by atoms with Crippen molar-refractivity contribution in [3.05, 3.63) is 81.9 Å². The van der Waals surface area contributed by atoms with E-state index in [0.717, 1.165) is 22.3 Å². The van der Waals surface area contributed by atoms with Crippen LogP contribution in [0.4, 0.5) is 0 Å². The summed E-state index contributed by atoms with van der Waals surface area (Å²) in [6, 6.07) is 16.2. The van der Waals surface area contributed by atoms with Gasteiger partial charge in [-0.05, 0) is 37.1 Å². The summed E-state index contributed by atoms with van der Waals surface area (Å²) in [5.74, 6) is 0.0653. The molecule has 0 radical (unpaired) electrons. The van der Waals surface area contributed by atoms with Crippen LogP contribution in [0, 0.1) is 13.8 Å².